The average Bonchev–Trinajstić information content (AvgIpc) is 2.27. The minimum absolute atomic E-state index is 0.345. The number of H-pyrrole nitrogens is 1. The zero-order valence-corrected chi connectivity index (χ0v) is 7.40. The van der Waals surface area contributed by atoms with Crippen LogP contribution in [0.4, 0.5) is 5.82 Å². The van der Waals surface area contributed by atoms with Crippen LogP contribution in [0.1, 0.15) is 0 Å². The molecule has 0 fully saturated rings. The Morgan fingerprint density at radius 2 is 2.38 bits per heavy atom. The van der Waals surface area contributed by atoms with Gasteiger partial charge in [0, 0.05) is 0 Å². The highest BCUT2D eigenvalue weighted by molar-refractivity contribution is 5.78. The number of aryl methyl sites for hydroxylation is 2. The van der Waals surface area contributed by atoms with Crippen molar-refractivity contribution in [2.24, 2.45) is 14.1 Å². The predicted octanol–water partition coefficient (Wildman–Crippen LogP) is -1.33. The molecule has 2 rings (SSSR count). The van der Waals surface area contributed by atoms with Gasteiger partial charge in [-0.3, -0.25) is 9.55 Å². The van der Waals surface area contributed by atoms with E-state index in [1.807, 2.05) is 18.7 Å². The summed E-state index contributed by atoms with van der Waals surface area (Å²) in [4.78, 5) is 17.2. The fourth-order valence-electron chi connectivity index (χ4n) is 1.44. The molecule has 2 aromatic heterocycles. The van der Waals surface area contributed by atoms with Gasteiger partial charge in [0.05, 0.1) is 14.1 Å². The first-order chi connectivity index (χ1) is 6.09. The minimum Gasteiger partial charge on any atom is -0.382 e. The van der Waals surface area contributed by atoms with Crippen LogP contribution in [-0.2, 0) is 14.1 Å². The van der Waals surface area contributed by atoms with E-state index in [1.165, 1.54) is 0 Å². The van der Waals surface area contributed by atoms with Gasteiger partial charge in [-0.2, -0.15) is 0 Å². The number of aromatic amines is 1. The summed E-state index contributed by atoms with van der Waals surface area (Å²) in [6, 6.07) is 0. The van der Waals surface area contributed by atoms with Gasteiger partial charge in [0.25, 0.3) is 0 Å². The topological polar surface area (TPSA) is 80.6 Å². The molecule has 0 aromatic carbocycles. The monoisotopic (exact) mass is 180 g/mol. The smallest absolute Gasteiger partial charge is 0.382 e. The van der Waals surface area contributed by atoms with Crippen LogP contribution in [0.2, 0.25) is 0 Å². The molecule has 2 aromatic rings. The Balaban J connectivity index is 3.06. The predicted molar refractivity (Wildman–Crippen MR) is 46.9 cm³/mol. The largest absolute Gasteiger partial charge is 0.419 e. The highest BCUT2D eigenvalue weighted by Crippen LogP contribution is 2.09. The summed E-state index contributed by atoms with van der Waals surface area (Å²) in [7, 11) is 3.66. The standard InChI is InChI=1S/C7H9N5O/c1-11-3-12(2)6-4(11)5(8)9-7(13)10-6/h3H,1-2H3,(H2-,8,9,10,13)/p+1. The molecule has 6 heteroatoms. The number of hydrogen-bond acceptors (Lipinski definition) is 3. The fraction of sp³-hybridized carbons (Fsp3) is 0.286. The number of nitrogens with zero attached hydrogens (tertiary/aromatic N) is 3. The SMILES string of the molecule is Cn1c[n+](C)c2nc(=O)[nH]c(N)c21. The fourth-order valence-corrected chi connectivity index (χ4v) is 1.44. The molecule has 0 aliphatic heterocycles. The van der Waals surface area contributed by atoms with E-state index in [2.05, 4.69) is 9.97 Å². The number of nitrogens with two attached hydrogens (primary N) is 1. The Kier molecular flexibility index (Phi) is 1.39. The van der Waals surface area contributed by atoms with Crippen LogP contribution >= 0.6 is 0 Å². The summed E-state index contributed by atoms with van der Waals surface area (Å²) < 4.78 is 3.56. The van der Waals surface area contributed by atoms with Crippen LogP contribution in [0, 0.1) is 0 Å². The second-order valence-electron chi connectivity index (χ2n) is 2.97. The van der Waals surface area contributed by atoms with Gasteiger partial charge in [0.2, 0.25) is 5.52 Å². The zero-order chi connectivity index (χ0) is 9.59. The molecule has 0 aliphatic rings. The van der Waals surface area contributed by atoms with Gasteiger partial charge >= 0.3 is 11.3 Å². The maximum absolute atomic E-state index is 11.0. The lowest BCUT2D eigenvalue weighted by molar-refractivity contribution is -0.647. The number of hydrogen-bond donors (Lipinski definition) is 2. The molecule has 0 spiro atoms. The molecule has 3 N–H and O–H groups in total. The lowest BCUT2D eigenvalue weighted by Gasteiger charge is -1.90. The van der Waals surface area contributed by atoms with Crippen molar-refractivity contribution in [2.45, 2.75) is 0 Å². The number of fused-ring (bicyclic) bond motifs is 1. The van der Waals surface area contributed by atoms with E-state index < -0.39 is 5.69 Å². The van der Waals surface area contributed by atoms with Crippen LogP contribution in [0.5, 0.6) is 0 Å². The maximum atomic E-state index is 11.0. The van der Waals surface area contributed by atoms with Crippen molar-refractivity contribution >= 4 is 17.0 Å². The van der Waals surface area contributed by atoms with Gasteiger partial charge in [-0.25, -0.2) is 9.36 Å². The normalized spacial score (nSPS) is 10.9. The van der Waals surface area contributed by atoms with E-state index in [4.69, 9.17) is 5.73 Å². The summed E-state index contributed by atoms with van der Waals surface area (Å²) in [6.45, 7) is 0. The molecule has 0 radical (unpaired) electrons. The lowest BCUT2D eigenvalue weighted by atomic mass is 10.5. The van der Waals surface area contributed by atoms with Crippen molar-refractivity contribution in [1.29, 1.82) is 0 Å². The van der Waals surface area contributed by atoms with Gasteiger partial charge in [0.1, 0.15) is 0 Å². The van der Waals surface area contributed by atoms with Gasteiger partial charge in [-0.05, 0) is 4.98 Å². The second-order valence-corrected chi connectivity index (χ2v) is 2.97. The third kappa shape index (κ3) is 0.986. The zero-order valence-electron chi connectivity index (χ0n) is 7.40. The third-order valence-corrected chi connectivity index (χ3v) is 1.95. The highest BCUT2D eigenvalue weighted by Gasteiger charge is 2.16. The minimum atomic E-state index is -0.424. The Hall–Kier alpha value is -1.85. The van der Waals surface area contributed by atoms with Crippen LogP contribution < -0.4 is 16.0 Å². The number of rotatable bonds is 0. The summed E-state index contributed by atoms with van der Waals surface area (Å²) in [6.07, 6.45) is 1.81. The Morgan fingerprint density at radius 1 is 1.69 bits per heavy atom. The average molecular weight is 180 g/mol. The Labute approximate surface area is 73.6 Å². The number of imidazole rings is 1. The Morgan fingerprint density at radius 3 is 3.08 bits per heavy atom. The van der Waals surface area contributed by atoms with Crippen molar-refractivity contribution in [3.05, 3.63) is 16.8 Å². The maximum Gasteiger partial charge on any atom is 0.419 e. The van der Waals surface area contributed by atoms with Gasteiger partial charge in [-0.1, -0.05) is 0 Å². The molecule has 0 saturated carbocycles. The first-order valence-electron chi connectivity index (χ1n) is 3.80. The van der Waals surface area contributed by atoms with Crippen molar-refractivity contribution in [2.75, 3.05) is 5.73 Å². The van der Waals surface area contributed by atoms with Crippen molar-refractivity contribution in [3.8, 4) is 0 Å². The number of aromatic nitrogens is 4. The lowest BCUT2D eigenvalue weighted by Crippen LogP contribution is -2.28. The molecule has 2 heterocycles. The molecule has 0 saturated heterocycles. The first-order valence-corrected chi connectivity index (χ1v) is 3.80. The van der Waals surface area contributed by atoms with E-state index >= 15 is 0 Å². The Bertz CT molecular complexity index is 523. The van der Waals surface area contributed by atoms with Crippen LogP contribution in [0.25, 0.3) is 11.2 Å². The molecule has 68 valence electrons. The third-order valence-electron chi connectivity index (χ3n) is 1.95. The second kappa shape index (κ2) is 2.32. The first kappa shape index (κ1) is 7.78. The van der Waals surface area contributed by atoms with Gasteiger partial charge < -0.3 is 5.73 Å². The van der Waals surface area contributed by atoms with Crippen molar-refractivity contribution in [1.82, 2.24) is 14.5 Å². The van der Waals surface area contributed by atoms with Crippen molar-refractivity contribution < 1.29 is 4.57 Å². The molecular formula is C7H10N5O+. The van der Waals surface area contributed by atoms with E-state index in [9.17, 15) is 4.79 Å². The number of nitrogen functional groups attached to an aromatic ring is 1. The molecule has 13 heavy (non-hydrogen) atoms. The highest BCUT2D eigenvalue weighted by atomic mass is 16.1. The summed E-state index contributed by atoms with van der Waals surface area (Å²) in [5.74, 6) is 0.345. The summed E-state index contributed by atoms with van der Waals surface area (Å²) in [5.41, 5.74) is 6.54. The molecular weight excluding hydrogens is 170 g/mol. The quantitative estimate of drug-likeness (QED) is 0.493. The molecule has 0 unspecified atom stereocenters. The van der Waals surface area contributed by atoms with Crippen molar-refractivity contribution in [3.63, 3.8) is 0 Å². The number of anilines is 1. The van der Waals surface area contributed by atoms with Crippen LogP contribution in [0.15, 0.2) is 11.1 Å². The molecule has 0 atom stereocenters. The van der Waals surface area contributed by atoms with E-state index in [1.54, 1.807) is 10.9 Å². The molecule has 0 bridgehead atoms. The van der Waals surface area contributed by atoms with Gasteiger partial charge in [0.15, 0.2) is 12.1 Å². The van der Waals surface area contributed by atoms with Gasteiger partial charge in [-0.15, -0.1) is 0 Å². The van der Waals surface area contributed by atoms with Crippen LogP contribution in [0.3, 0.4) is 0 Å². The summed E-state index contributed by atoms with van der Waals surface area (Å²) in [5, 5.41) is 0. The molecule has 0 aliphatic carbocycles. The van der Waals surface area contributed by atoms with E-state index in [0.29, 0.717) is 11.5 Å². The van der Waals surface area contributed by atoms with Crippen LogP contribution in [-0.4, -0.2) is 14.5 Å². The molecule has 0 amide bonds. The molecule has 6 nitrogen and oxygen atoms in total. The van der Waals surface area contributed by atoms with E-state index in [-0.39, 0.29) is 0 Å². The summed E-state index contributed by atoms with van der Waals surface area (Å²) >= 11 is 0. The number of nitrogens with one attached hydrogen (secondary N) is 1. The van der Waals surface area contributed by atoms with E-state index in [0.717, 1.165) is 5.52 Å².